The van der Waals surface area contributed by atoms with Gasteiger partial charge in [0.2, 0.25) is 5.91 Å². The lowest BCUT2D eigenvalue weighted by molar-refractivity contribution is -0.119. The third-order valence-electron chi connectivity index (χ3n) is 4.19. The number of thiophene rings is 1. The second kappa shape index (κ2) is 7.19. The molecular formula is C19H21N3O2S. The third-order valence-corrected chi connectivity index (χ3v) is 5.37. The van der Waals surface area contributed by atoms with Gasteiger partial charge in [-0.25, -0.2) is 4.98 Å². The minimum atomic E-state index is -0.588. The summed E-state index contributed by atoms with van der Waals surface area (Å²) >= 11 is 1.53. The normalized spacial score (nSPS) is 12.3. The molecule has 3 aromatic rings. The predicted octanol–water partition coefficient (Wildman–Crippen LogP) is 3.92. The fraction of sp³-hybridized carbons (Fsp3) is 0.316. The van der Waals surface area contributed by atoms with Gasteiger partial charge in [-0.2, -0.15) is 0 Å². The van der Waals surface area contributed by atoms with Crippen molar-refractivity contribution < 1.29 is 4.79 Å². The number of aryl methyl sites for hydroxylation is 2. The molecule has 0 aliphatic heterocycles. The quantitative estimate of drug-likeness (QED) is 0.754. The Kier molecular flexibility index (Phi) is 4.99. The number of benzene rings is 1. The summed E-state index contributed by atoms with van der Waals surface area (Å²) in [7, 11) is 0. The lowest BCUT2D eigenvalue weighted by atomic mass is 10.1. The maximum absolute atomic E-state index is 12.8. The Balaban J connectivity index is 1.94. The molecule has 1 N–H and O–H groups in total. The molecule has 3 rings (SSSR count). The Bertz CT molecular complexity index is 974. The molecule has 0 fully saturated rings. The van der Waals surface area contributed by atoms with Gasteiger partial charge in [-0.3, -0.25) is 14.2 Å². The fourth-order valence-electron chi connectivity index (χ4n) is 2.84. The number of aromatic nitrogens is 2. The number of fused-ring (bicyclic) bond motifs is 1. The highest BCUT2D eigenvalue weighted by Gasteiger charge is 2.21. The van der Waals surface area contributed by atoms with Crippen LogP contribution in [-0.4, -0.2) is 15.5 Å². The van der Waals surface area contributed by atoms with Crippen LogP contribution in [0.3, 0.4) is 0 Å². The van der Waals surface area contributed by atoms with E-state index in [2.05, 4.69) is 10.3 Å². The number of hydrogen-bond acceptors (Lipinski definition) is 4. The first-order chi connectivity index (χ1) is 12.0. The number of rotatable bonds is 5. The summed E-state index contributed by atoms with van der Waals surface area (Å²) in [4.78, 5) is 31.8. The van der Waals surface area contributed by atoms with E-state index in [0.29, 0.717) is 11.8 Å². The van der Waals surface area contributed by atoms with E-state index in [1.807, 2.05) is 51.1 Å². The lowest BCUT2D eigenvalue weighted by Gasteiger charge is -2.17. The minimum absolute atomic E-state index is 0.160. The molecule has 25 heavy (non-hydrogen) atoms. The first kappa shape index (κ1) is 17.4. The van der Waals surface area contributed by atoms with Gasteiger partial charge < -0.3 is 5.32 Å². The highest BCUT2D eigenvalue weighted by molar-refractivity contribution is 7.18. The van der Waals surface area contributed by atoms with Crippen LogP contribution in [-0.2, 0) is 11.2 Å². The molecule has 2 aromatic heterocycles. The maximum atomic E-state index is 12.8. The Hall–Kier alpha value is -2.47. The number of amides is 1. The number of nitrogens with one attached hydrogen (secondary N) is 1. The maximum Gasteiger partial charge on any atom is 0.262 e. The number of carbonyl (C=O) groups is 1. The van der Waals surface area contributed by atoms with Crippen molar-refractivity contribution in [2.75, 3.05) is 5.32 Å². The molecular weight excluding hydrogens is 334 g/mol. The van der Waals surface area contributed by atoms with Crippen molar-refractivity contribution in [2.45, 2.75) is 39.7 Å². The molecule has 130 valence electrons. The Morgan fingerprint density at radius 1 is 1.32 bits per heavy atom. The van der Waals surface area contributed by atoms with Crippen LogP contribution in [0, 0.1) is 6.92 Å². The highest BCUT2D eigenvalue weighted by atomic mass is 32.1. The molecule has 0 aliphatic carbocycles. The summed E-state index contributed by atoms with van der Waals surface area (Å²) in [6, 6.07) is 8.90. The van der Waals surface area contributed by atoms with E-state index in [0.717, 1.165) is 27.4 Å². The van der Waals surface area contributed by atoms with Crippen molar-refractivity contribution in [3.63, 3.8) is 0 Å². The van der Waals surface area contributed by atoms with Crippen molar-refractivity contribution in [3.05, 3.63) is 57.5 Å². The van der Waals surface area contributed by atoms with Gasteiger partial charge >= 0.3 is 0 Å². The molecule has 5 nitrogen and oxygen atoms in total. The first-order valence-corrected chi connectivity index (χ1v) is 9.22. The molecule has 0 radical (unpaired) electrons. The van der Waals surface area contributed by atoms with Gasteiger partial charge in [0, 0.05) is 10.6 Å². The van der Waals surface area contributed by atoms with E-state index >= 15 is 0 Å². The van der Waals surface area contributed by atoms with Crippen LogP contribution < -0.4 is 10.9 Å². The van der Waals surface area contributed by atoms with Gasteiger partial charge in [0.1, 0.15) is 10.9 Å². The molecule has 1 amide bonds. The zero-order valence-electron chi connectivity index (χ0n) is 14.6. The van der Waals surface area contributed by atoms with E-state index in [-0.39, 0.29) is 11.5 Å². The Morgan fingerprint density at radius 3 is 2.80 bits per heavy atom. The van der Waals surface area contributed by atoms with Gasteiger partial charge in [0.25, 0.3) is 5.56 Å². The molecule has 2 heterocycles. The number of hydrogen-bond donors (Lipinski definition) is 1. The summed E-state index contributed by atoms with van der Waals surface area (Å²) in [5.74, 6) is -0.206. The number of nitrogens with zero attached hydrogens (tertiary/aromatic N) is 2. The zero-order valence-corrected chi connectivity index (χ0v) is 15.4. The van der Waals surface area contributed by atoms with Crippen LogP contribution in [0.4, 0.5) is 5.69 Å². The van der Waals surface area contributed by atoms with Crippen molar-refractivity contribution in [1.82, 2.24) is 9.55 Å². The van der Waals surface area contributed by atoms with Crippen LogP contribution >= 0.6 is 11.3 Å². The van der Waals surface area contributed by atoms with E-state index in [4.69, 9.17) is 0 Å². The summed E-state index contributed by atoms with van der Waals surface area (Å²) in [5.41, 5.74) is 1.64. The Morgan fingerprint density at radius 2 is 2.12 bits per heavy atom. The fourth-order valence-corrected chi connectivity index (χ4v) is 3.77. The van der Waals surface area contributed by atoms with E-state index in [9.17, 15) is 9.59 Å². The molecule has 0 spiro atoms. The minimum Gasteiger partial charge on any atom is -0.324 e. The van der Waals surface area contributed by atoms with Crippen molar-refractivity contribution in [3.8, 4) is 0 Å². The molecule has 1 unspecified atom stereocenters. The molecule has 0 aliphatic rings. The van der Waals surface area contributed by atoms with Gasteiger partial charge in [-0.1, -0.05) is 26.0 Å². The smallest absolute Gasteiger partial charge is 0.262 e. The van der Waals surface area contributed by atoms with E-state index in [1.54, 1.807) is 0 Å². The van der Waals surface area contributed by atoms with Crippen LogP contribution in [0.2, 0.25) is 0 Å². The van der Waals surface area contributed by atoms with Gasteiger partial charge in [0.15, 0.2) is 0 Å². The molecule has 1 aromatic carbocycles. The largest absolute Gasteiger partial charge is 0.324 e. The van der Waals surface area contributed by atoms with Crippen LogP contribution in [0.5, 0.6) is 0 Å². The van der Waals surface area contributed by atoms with Gasteiger partial charge in [0.05, 0.1) is 11.7 Å². The molecule has 0 saturated carbocycles. The van der Waals surface area contributed by atoms with Crippen molar-refractivity contribution >= 4 is 33.1 Å². The summed E-state index contributed by atoms with van der Waals surface area (Å²) in [5, 5.41) is 3.49. The van der Waals surface area contributed by atoms with Crippen molar-refractivity contribution in [1.29, 1.82) is 0 Å². The standard InChI is InChI=1S/C19H21N3O2S/c1-4-14-10-15-18(25-14)20-11-22(19(15)24)16(5-2)17(23)21-13-8-6-7-12(3)9-13/h6-11,16H,4-5H2,1-3H3,(H,21,23). The zero-order chi connectivity index (χ0) is 18.0. The predicted molar refractivity (Wildman–Crippen MR) is 102 cm³/mol. The molecule has 0 saturated heterocycles. The highest BCUT2D eigenvalue weighted by Crippen LogP contribution is 2.22. The average molecular weight is 355 g/mol. The average Bonchev–Trinajstić information content (AvgIpc) is 3.02. The summed E-state index contributed by atoms with van der Waals surface area (Å²) in [6.45, 7) is 5.91. The van der Waals surface area contributed by atoms with Crippen LogP contribution in [0.15, 0.2) is 41.5 Å². The van der Waals surface area contributed by atoms with Crippen molar-refractivity contribution in [2.24, 2.45) is 0 Å². The number of anilines is 1. The SMILES string of the molecule is CCc1cc2c(=O)n(C(CC)C(=O)Nc3cccc(C)c3)cnc2s1. The van der Waals surface area contributed by atoms with E-state index < -0.39 is 6.04 Å². The first-order valence-electron chi connectivity index (χ1n) is 8.40. The molecule has 6 heteroatoms. The second-order valence-electron chi connectivity index (χ2n) is 6.02. The summed E-state index contributed by atoms with van der Waals surface area (Å²) in [6.07, 6.45) is 2.87. The van der Waals surface area contributed by atoms with Gasteiger partial charge in [-0.15, -0.1) is 11.3 Å². The monoisotopic (exact) mass is 355 g/mol. The third kappa shape index (κ3) is 3.49. The summed E-state index contributed by atoms with van der Waals surface area (Å²) < 4.78 is 1.44. The Labute approximate surface area is 150 Å². The van der Waals surface area contributed by atoms with Crippen LogP contribution in [0.25, 0.3) is 10.2 Å². The molecule has 0 bridgehead atoms. The molecule has 1 atom stereocenters. The van der Waals surface area contributed by atoms with E-state index in [1.165, 1.54) is 22.2 Å². The second-order valence-corrected chi connectivity index (χ2v) is 7.14. The van der Waals surface area contributed by atoms with Gasteiger partial charge in [-0.05, 0) is 43.5 Å². The van der Waals surface area contributed by atoms with Crippen LogP contribution in [0.1, 0.15) is 36.8 Å². The lowest BCUT2D eigenvalue weighted by Crippen LogP contribution is -2.33. The topological polar surface area (TPSA) is 64.0 Å². The number of carbonyl (C=O) groups excluding carboxylic acids is 1.